The fraction of sp³-hybridized carbons (Fsp3) is 0.500. The highest BCUT2D eigenvalue weighted by Gasteiger charge is 2.27. The maximum Gasteiger partial charge on any atom is 0.411 e. The molecule has 1 aromatic carbocycles. The molecule has 0 heterocycles. The summed E-state index contributed by atoms with van der Waals surface area (Å²) in [6.07, 6.45) is -4.14. The predicted octanol–water partition coefficient (Wildman–Crippen LogP) is 3.01. The van der Waals surface area contributed by atoms with Gasteiger partial charge in [-0.1, -0.05) is 6.07 Å². The third-order valence-electron chi connectivity index (χ3n) is 2.76. The first-order valence-corrected chi connectivity index (χ1v) is 6.39. The molecule has 118 valence electrons. The maximum absolute atomic E-state index is 11.8. The van der Waals surface area contributed by atoms with Gasteiger partial charge in [0, 0.05) is 12.1 Å². The van der Waals surface area contributed by atoms with E-state index in [4.69, 9.17) is 10.5 Å². The lowest BCUT2D eigenvalue weighted by molar-refractivity contribution is -0.174. The van der Waals surface area contributed by atoms with Gasteiger partial charge < -0.3 is 15.2 Å². The van der Waals surface area contributed by atoms with E-state index in [0.717, 1.165) is 11.1 Å². The molecule has 0 radical (unpaired) electrons. The average molecular weight is 305 g/mol. The number of nitrogen functional groups attached to an aromatic ring is 1. The summed E-state index contributed by atoms with van der Waals surface area (Å²) in [6.45, 7) is 2.16. The number of hydrogen-bond acceptors (Lipinski definition) is 4. The molecule has 21 heavy (non-hydrogen) atoms. The number of nitrogens with two attached hydrogens (primary N) is 1. The summed E-state index contributed by atoms with van der Waals surface area (Å²) in [5.41, 5.74) is 8.17. The number of hydrogen-bond donors (Lipinski definition) is 1. The molecular weight excluding hydrogens is 287 g/mol. The number of aryl methyl sites for hydroxylation is 2. The third-order valence-corrected chi connectivity index (χ3v) is 2.76. The number of carbonyl (C=O) groups is 1. The maximum atomic E-state index is 11.8. The summed E-state index contributed by atoms with van der Waals surface area (Å²) in [5, 5.41) is 0. The molecule has 0 aliphatic rings. The lowest BCUT2D eigenvalue weighted by Crippen LogP contribution is -2.18. The van der Waals surface area contributed by atoms with Gasteiger partial charge >= 0.3 is 12.1 Å². The first kappa shape index (κ1) is 17.3. The van der Waals surface area contributed by atoms with E-state index in [-0.39, 0.29) is 19.6 Å². The minimum atomic E-state index is -4.34. The third kappa shape index (κ3) is 6.03. The minimum absolute atomic E-state index is 0.0100. The molecule has 0 spiro atoms. The molecular formula is C14H18F3NO3. The van der Waals surface area contributed by atoms with Crippen molar-refractivity contribution in [3.05, 3.63) is 28.8 Å². The number of esters is 1. The predicted molar refractivity (Wildman–Crippen MR) is 72.1 cm³/mol. The van der Waals surface area contributed by atoms with Crippen LogP contribution >= 0.6 is 0 Å². The topological polar surface area (TPSA) is 61.5 Å². The summed E-state index contributed by atoms with van der Waals surface area (Å²) in [5.74, 6) is -0.546. The number of ether oxygens (including phenoxy) is 2. The summed E-state index contributed by atoms with van der Waals surface area (Å²) < 4.78 is 44.8. The highest BCUT2D eigenvalue weighted by molar-refractivity contribution is 5.92. The van der Waals surface area contributed by atoms with Gasteiger partial charge in [0.15, 0.2) is 0 Å². The molecule has 4 nitrogen and oxygen atoms in total. The fourth-order valence-electron chi connectivity index (χ4n) is 1.68. The first-order valence-electron chi connectivity index (χ1n) is 6.39. The highest BCUT2D eigenvalue weighted by Crippen LogP contribution is 2.18. The van der Waals surface area contributed by atoms with Gasteiger partial charge in [0.25, 0.3) is 0 Å². The normalized spacial score (nSPS) is 11.5. The van der Waals surface area contributed by atoms with Gasteiger partial charge in [0.05, 0.1) is 18.8 Å². The van der Waals surface area contributed by atoms with Crippen molar-refractivity contribution in [2.45, 2.75) is 26.4 Å². The molecule has 7 heteroatoms. The van der Waals surface area contributed by atoms with Crippen molar-refractivity contribution in [3.63, 3.8) is 0 Å². The van der Waals surface area contributed by atoms with E-state index >= 15 is 0 Å². The van der Waals surface area contributed by atoms with Gasteiger partial charge in [-0.2, -0.15) is 13.2 Å². The second kappa shape index (κ2) is 7.31. The lowest BCUT2D eigenvalue weighted by atomic mass is 10.0. The standard InChI is InChI=1S/C14H18F3NO3/c1-9-6-10(2)12(18)7-11(9)13(19)21-5-3-4-20-8-14(15,16)17/h6-7H,3-5,8,18H2,1-2H3. The Labute approximate surface area is 121 Å². The van der Waals surface area contributed by atoms with E-state index in [9.17, 15) is 18.0 Å². The Morgan fingerprint density at radius 2 is 1.86 bits per heavy atom. The van der Waals surface area contributed by atoms with Crippen LogP contribution in [0, 0.1) is 13.8 Å². The Balaban J connectivity index is 2.36. The van der Waals surface area contributed by atoms with Crippen molar-refractivity contribution in [1.29, 1.82) is 0 Å². The zero-order valence-corrected chi connectivity index (χ0v) is 11.9. The number of benzene rings is 1. The zero-order valence-electron chi connectivity index (χ0n) is 11.9. The number of anilines is 1. The van der Waals surface area contributed by atoms with Crippen LogP contribution < -0.4 is 5.73 Å². The Kier molecular flexibility index (Phi) is 6.02. The molecule has 0 amide bonds. The lowest BCUT2D eigenvalue weighted by Gasteiger charge is -2.10. The quantitative estimate of drug-likeness (QED) is 0.498. The van der Waals surface area contributed by atoms with Crippen LogP contribution in [-0.2, 0) is 9.47 Å². The Morgan fingerprint density at radius 3 is 2.48 bits per heavy atom. The van der Waals surface area contributed by atoms with Gasteiger partial charge in [0.2, 0.25) is 0 Å². The van der Waals surface area contributed by atoms with Crippen LogP contribution in [0.25, 0.3) is 0 Å². The van der Waals surface area contributed by atoms with Gasteiger partial charge in [-0.25, -0.2) is 4.79 Å². The monoisotopic (exact) mass is 305 g/mol. The Hall–Kier alpha value is -1.76. The SMILES string of the molecule is Cc1cc(C)c(C(=O)OCCCOCC(F)(F)F)cc1N. The molecule has 1 rings (SSSR count). The molecule has 0 saturated heterocycles. The molecule has 1 aromatic rings. The second-order valence-corrected chi connectivity index (χ2v) is 4.68. The van der Waals surface area contributed by atoms with Crippen molar-refractivity contribution in [1.82, 2.24) is 0 Å². The highest BCUT2D eigenvalue weighted by atomic mass is 19.4. The van der Waals surface area contributed by atoms with Crippen molar-refractivity contribution in [2.75, 3.05) is 25.6 Å². The van der Waals surface area contributed by atoms with Crippen LogP contribution in [0.1, 0.15) is 27.9 Å². The smallest absolute Gasteiger partial charge is 0.411 e. The first-order chi connectivity index (χ1) is 9.70. The number of rotatable bonds is 6. The molecule has 0 aliphatic carbocycles. The van der Waals surface area contributed by atoms with Gasteiger partial charge in [-0.3, -0.25) is 0 Å². The second-order valence-electron chi connectivity index (χ2n) is 4.68. The summed E-state index contributed by atoms with van der Waals surface area (Å²) >= 11 is 0. The number of alkyl halides is 3. The molecule has 0 aromatic heterocycles. The minimum Gasteiger partial charge on any atom is -0.462 e. The van der Waals surface area contributed by atoms with E-state index < -0.39 is 18.8 Å². The van der Waals surface area contributed by atoms with Crippen LogP contribution in [-0.4, -0.2) is 32.0 Å². The number of carbonyl (C=O) groups excluding carboxylic acids is 1. The van der Waals surface area contributed by atoms with Gasteiger partial charge in [-0.15, -0.1) is 0 Å². The molecule has 0 fully saturated rings. The van der Waals surface area contributed by atoms with Crippen molar-refractivity contribution < 1.29 is 27.4 Å². The van der Waals surface area contributed by atoms with Crippen LogP contribution in [0.5, 0.6) is 0 Å². The van der Waals surface area contributed by atoms with Crippen LogP contribution in [0.4, 0.5) is 18.9 Å². The van der Waals surface area contributed by atoms with E-state index in [1.54, 1.807) is 13.0 Å². The van der Waals surface area contributed by atoms with E-state index in [1.165, 1.54) is 6.07 Å². The number of halogens is 3. The Morgan fingerprint density at radius 1 is 1.19 bits per heavy atom. The fourth-order valence-corrected chi connectivity index (χ4v) is 1.68. The van der Waals surface area contributed by atoms with Crippen LogP contribution in [0.15, 0.2) is 12.1 Å². The van der Waals surface area contributed by atoms with E-state index in [2.05, 4.69) is 4.74 Å². The molecule has 0 bridgehead atoms. The molecule has 2 N–H and O–H groups in total. The van der Waals surface area contributed by atoms with Crippen molar-refractivity contribution in [3.8, 4) is 0 Å². The van der Waals surface area contributed by atoms with Gasteiger partial charge in [0.1, 0.15) is 6.61 Å². The molecule has 0 saturated carbocycles. The average Bonchev–Trinajstić information content (AvgIpc) is 2.36. The summed E-state index contributed by atoms with van der Waals surface area (Å²) in [7, 11) is 0. The molecule has 0 aliphatic heterocycles. The van der Waals surface area contributed by atoms with Crippen LogP contribution in [0.3, 0.4) is 0 Å². The summed E-state index contributed by atoms with van der Waals surface area (Å²) in [4.78, 5) is 11.8. The summed E-state index contributed by atoms with van der Waals surface area (Å²) in [6, 6.07) is 3.31. The van der Waals surface area contributed by atoms with Gasteiger partial charge in [-0.05, 0) is 31.0 Å². The van der Waals surface area contributed by atoms with Crippen molar-refractivity contribution >= 4 is 11.7 Å². The largest absolute Gasteiger partial charge is 0.462 e. The molecule has 0 atom stereocenters. The van der Waals surface area contributed by atoms with E-state index in [1.807, 2.05) is 6.92 Å². The Bertz CT molecular complexity index is 501. The van der Waals surface area contributed by atoms with Crippen LogP contribution in [0.2, 0.25) is 0 Å². The zero-order chi connectivity index (χ0) is 16.0. The van der Waals surface area contributed by atoms with Crippen molar-refractivity contribution in [2.24, 2.45) is 0 Å². The molecule has 0 unspecified atom stereocenters. The van der Waals surface area contributed by atoms with E-state index in [0.29, 0.717) is 11.3 Å².